The molecule has 200 valence electrons. The number of nitriles is 1. The molecule has 2 aliphatic rings. The van der Waals surface area contributed by atoms with Crippen LogP contribution in [-0.2, 0) is 12.8 Å². The lowest BCUT2D eigenvalue weighted by Gasteiger charge is -2.37. The van der Waals surface area contributed by atoms with E-state index < -0.39 is 0 Å². The number of hydrogen-bond acceptors (Lipinski definition) is 7. The van der Waals surface area contributed by atoms with Gasteiger partial charge in [0.05, 0.1) is 17.8 Å². The number of nitrogens with zero attached hydrogens (tertiary/aromatic N) is 5. The van der Waals surface area contributed by atoms with Gasteiger partial charge in [-0.2, -0.15) is 10.2 Å². The highest BCUT2D eigenvalue weighted by atomic mass is 35.5. The Kier molecular flexibility index (Phi) is 7.08. The van der Waals surface area contributed by atoms with E-state index in [4.69, 9.17) is 16.9 Å². The van der Waals surface area contributed by atoms with Crippen LogP contribution in [-0.4, -0.2) is 47.1 Å². The lowest BCUT2D eigenvalue weighted by molar-refractivity contribution is 0.208. The SMILES string of the molecule is N#Cc1ccc(NC(=O)N2CCN(c3ccc4cc3CCc3cccc(c3)Nc3ncc(Cl)c(n3)N4)CC2)cc1. The predicted molar refractivity (Wildman–Crippen MR) is 158 cm³/mol. The van der Waals surface area contributed by atoms with Gasteiger partial charge in [-0.1, -0.05) is 23.7 Å². The van der Waals surface area contributed by atoms with E-state index in [0.717, 1.165) is 43.0 Å². The zero-order valence-corrected chi connectivity index (χ0v) is 22.4. The number of piperazine rings is 1. The van der Waals surface area contributed by atoms with Gasteiger partial charge in [0.2, 0.25) is 5.95 Å². The summed E-state index contributed by atoms with van der Waals surface area (Å²) >= 11 is 6.42. The lowest BCUT2D eigenvalue weighted by atomic mass is 10.0. The summed E-state index contributed by atoms with van der Waals surface area (Å²) in [5, 5.41) is 19.0. The monoisotopic (exact) mass is 550 g/mol. The first-order valence-corrected chi connectivity index (χ1v) is 13.5. The van der Waals surface area contributed by atoms with E-state index in [2.05, 4.69) is 61.2 Å². The molecule has 2 aliphatic heterocycles. The lowest BCUT2D eigenvalue weighted by Crippen LogP contribution is -2.50. The van der Waals surface area contributed by atoms with Gasteiger partial charge in [0.1, 0.15) is 5.02 Å². The largest absolute Gasteiger partial charge is 0.368 e. The molecule has 6 rings (SSSR count). The molecule has 9 nitrogen and oxygen atoms in total. The molecule has 0 aliphatic carbocycles. The molecule has 2 amide bonds. The molecule has 3 heterocycles. The van der Waals surface area contributed by atoms with Crippen molar-refractivity contribution >= 4 is 52.1 Å². The molecule has 40 heavy (non-hydrogen) atoms. The molecule has 0 radical (unpaired) electrons. The van der Waals surface area contributed by atoms with Crippen molar-refractivity contribution in [2.45, 2.75) is 12.8 Å². The van der Waals surface area contributed by atoms with Crippen molar-refractivity contribution in [3.05, 3.63) is 94.6 Å². The molecular formula is C30H27ClN8O. The molecule has 4 aromatic rings. The summed E-state index contributed by atoms with van der Waals surface area (Å²) in [5.41, 5.74) is 6.65. The fraction of sp³-hybridized carbons (Fsp3) is 0.200. The number of rotatable bonds is 2. The second-order valence-electron chi connectivity index (χ2n) is 9.78. The van der Waals surface area contributed by atoms with Gasteiger partial charge in [0, 0.05) is 48.9 Å². The van der Waals surface area contributed by atoms with Crippen molar-refractivity contribution in [3.63, 3.8) is 0 Å². The van der Waals surface area contributed by atoms with Crippen molar-refractivity contribution in [1.29, 1.82) is 5.26 Å². The van der Waals surface area contributed by atoms with E-state index >= 15 is 0 Å². The number of aryl methyl sites for hydroxylation is 2. The molecule has 0 atom stereocenters. The molecule has 10 heteroatoms. The zero-order chi connectivity index (χ0) is 27.5. The molecule has 3 N–H and O–H groups in total. The molecule has 0 spiro atoms. The van der Waals surface area contributed by atoms with Crippen LogP contribution >= 0.6 is 11.6 Å². The highest BCUT2D eigenvalue weighted by Gasteiger charge is 2.23. The maximum Gasteiger partial charge on any atom is 0.321 e. The number of carbonyl (C=O) groups is 1. The van der Waals surface area contributed by atoms with Gasteiger partial charge >= 0.3 is 6.03 Å². The van der Waals surface area contributed by atoms with Crippen LogP contribution in [0.4, 0.5) is 39.3 Å². The average molecular weight is 551 g/mol. The van der Waals surface area contributed by atoms with Gasteiger partial charge < -0.3 is 25.8 Å². The van der Waals surface area contributed by atoms with Crippen molar-refractivity contribution in [1.82, 2.24) is 14.9 Å². The first-order valence-electron chi connectivity index (χ1n) is 13.1. The zero-order valence-electron chi connectivity index (χ0n) is 21.7. The van der Waals surface area contributed by atoms with Crippen molar-refractivity contribution in [3.8, 4) is 6.07 Å². The van der Waals surface area contributed by atoms with Crippen LogP contribution in [0.15, 0.2) is 72.9 Å². The highest BCUT2D eigenvalue weighted by Crippen LogP contribution is 2.31. The normalized spacial score (nSPS) is 14.4. The molecule has 0 unspecified atom stereocenters. The summed E-state index contributed by atoms with van der Waals surface area (Å²) in [5.74, 6) is 1.01. The van der Waals surface area contributed by atoms with Gasteiger partial charge in [-0.05, 0) is 78.6 Å². The van der Waals surface area contributed by atoms with Gasteiger partial charge in [-0.15, -0.1) is 0 Å². The fourth-order valence-electron chi connectivity index (χ4n) is 5.02. The van der Waals surface area contributed by atoms with Crippen molar-refractivity contribution < 1.29 is 4.79 Å². The number of fused-ring (bicyclic) bond motifs is 6. The molecule has 1 fully saturated rings. The number of urea groups is 1. The van der Waals surface area contributed by atoms with Crippen LogP contribution in [0.3, 0.4) is 0 Å². The summed E-state index contributed by atoms with van der Waals surface area (Å²) in [7, 11) is 0. The molecule has 6 bridgehead atoms. The number of benzene rings is 3. The van der Waals surface area contributed by atoms with Crippen LogP contribution in [0, 0.1) is 11.3 Å². The van der Waals surface area contributed by atoms with Crippen molar-refractivity contribution in [2.75, 3.05) is 47.0 Å². The van der Waals surface area contributed by atoms with Crippen molar-refractivity contribution in [2.24, 2.45) is 0 Å². The Balaban J connectivity index is 1.20. The van der Waals surface area contributed by atoms with Crippen LogP contribution in [0.5, 0.6) is 0 Å². The van der Waals surface area contributed by atoms with E-state index in [-0.39, 0.29) is 6.03 Å². The summed E-state index contributed by atoms with van der Waals surface area (Å²) in [4.78, 5) is 25.9. The number of hydrogen-bond donors (Lipinski definition) is 3. The minimum absolute atomic E-state index is 0.135. The number of amides is 2. The molecular weight excluding hydrogens is 524 g/mol. The second kappa shape index (κ2) is 11.1. The molecule has 0 saturated carbocycles. The highest BCUT2D eigenvalue weighted by molar-refractivity contribution is 6.32. The van der Waals surface area contributed by atoms with E-state index in [1.165, 1.54) is 11.1 Å². The fourth-order valence-corrected chi connectivity index (χ4v) is 5.16. The van der Waals surface area contributed by atoms with Gasteiger partial charge in [-0.25, -0.2) is 9.78 Å². The number of aromatic nitrogens is 2. The first kappa shape index (κ1) is 25.5. The number of halogens is 1. The van der Waals surface area contributed by atoms with E-state index in [0.29, 0.717) is 41.1 Å². The Morgan fingerprint density at radius 2 is 1.75 bits per heavy atom. The molecule has 1 saturated heterocycles. The Morgan fingerprint density at radius 3 is 2.55 bits per heavy atom. The molecule has 3 aromatic carbocycles. The Bertz CT molecular complexity index is 1590. The Morgan fingerprint density at radius 1 is 0.950 bits per heavy atom. The average Bonchev–Trinajstić information content (AvgIpc) is 2.98. The van der Waals surface area contributed by atoms with E-state index in [1.54, 1.807) is 30.5 Å². The quantitative estimate of drug-likeness (QED) is 0.283. The third-order valence-corrected chi connectivity index (χ3v) is 7.40. The predicted octanol–water partition coefficient (Wildman–Crippen LogP) is 5.94. The smallest absolute Gasteiger partial charge is 0.321 e. The molecule has 1 aromatic heterocycles. The Labute approximate surface area is 237 Å². The van der Waals surface area contributed by atoms with Crippen LogP contribution in [0.25, 0.3) is 0 Å². The Hall–Kier alpha value is -4.81. The van der Waals surface area contributed by atoms with Gasteiger partial charge in [0.15, 0.2) is 5.82 Å². The first-order chi connectivity index (χ1) is 19.5. The van der Waals surface area contributed by atoms with Gasteiger partial charge in [0.25, 0.3) is 0 Å². The van der Waals surface area contributed by atoms with E-state index in [9.17, 15) is 4.79 Å². The summed E-state index contributed by atoms with van der Waals surface area (Å²) in [6.07, 6.45) is 3.32. The maximum absolute atomic E-state index is 12.9. The van der Waals surface area contributed by atoms with Crippen LogP contribution < -0.4 is 20.9 Å². The minimum Gasteiger partial charge on any atom is -0.368 e. The van der Waals surface area contributed by atoms with Crippen LogP contribution in [0.2, 0.25) is 5.02 Å². The van der Waals surface area contributed by atoms with Crippen LogP contribution in [0.1, 0.15) is 16.7 Å². The van der Waals surface area contributed by atoms with Gasteiger partial charge in [-0.3, -0.25) is 0 Å². The number of nitrogens with one attached hydrogen (secondary N) is 3. The number of carbonyl (C=O) groups excluding carboxylic acids is 1. The van der Waals surface area contributed by atoms with E-state index in [1.807, 2.05) is 23.1 Å². The second-order valence-corrected chi connectivity index (χ2v) is 10.2. The minimum atomic E-state index is -0.135. The number of anilines is 6. The topological polar surface area (TPSA) is 109 Å². The maximum atomic E-state index is 12.9. The standard InChI is InChI=1S/C30H27ClN8O/c31-26-19-33-29-35-24-3-1-2-20(16-24)4-7-22-17-25(34-28(26)37-29)10-11-27(22)38-12-14-39(15-13-38)30(40)36-23-8-5-21(18-32)6-9-23/h1-3,5-6,8-11,16-17,19H,4,7,12-15H2,(H,36,40)(H2,33,34,35,37). The summed E-state index contributed by atoms with van der Waals surface area (Å²) in [6, 6.07) is 23.5. The summed E-state index contributed by atoms with van der Waals surface area (Å²) < 4.78 is 0. The summed E-state index contributed by atoms with van der Waals surface area (Å²) in [6.45, 7) is 2.66. The third kappa shape index (κ3) is 5.63. The third-order valence-electron chi connectivity index (χ3n) is 7.13.